The number of carbonyl (C=O) groups is 1. The van der Waals surface area contributed by atoms with E-state index in [-0.39, 0.29) is 5.92 Å². The fraction of sp³-hybridized carbons (Fsp3) is 0.278. The van der Waals surface area contributed by atoms with E-state index in [4.69, 9.17) is 0 Å². The smallest absolute Gasteiger partial charge is 0.171 e. The van der Waals surface area contributed by atoms with Crippen molar-refractivity contribution in [3.8, 4) is 0 Å². The number of ketones is 1. The molecule has 3 unspecified atom stereocenters. The first-order valence-corrected chi connectivity index (χ1v) is 8.61. The zero-order valence-corrected chi connectivity index (χ0v) is 13.2. The molecule has 1 saturated carbocycles. The number of rotatable bonds is 1. The van der Waals surface area contributed by atoms with Crippen molar-refractivity contribution in [2.24, 2.45) is 0 Å². The van der Waals surface area contributed by atoms with Crippen LogP contribution < -0.4 is 0 Å². The molecule has 0 bridgehead atoms. The van der Waals surface area contributed by atoms with Crippen LogP contribution in [0.3, 0.4) is 0 Å². The Balaban J connectivity index is 1.94. The Hall–Kier alpha value is -1.16. The molecule has 4 rings (SSSR count). The molecule has 0 spiro atoms. The number of hydrogen-bond donors (Lipinski definition) is 0. The van der Waals surface area contributed by atoms with Crippen molar-refractivity contribution in [1.82, 2.24) is 0 Å². The van der Waals surface area contributed by atoms with Gasteiger partial charge in [0.15, 0.2) is 5.78 Å². The van der Waals surface area contributed by atoms with E-state index in [0.29, 0.717) is 17.6 Å². The first kappa shape index (κ1) is 12.6. The second-order valence-electron chi connectivity index (χ2n) is 5.74. The van der Waals surface area contributed by atoms with Crippen molar-refractivity contribution in [2.45, 2.75) is 24.2 Å². The van der Waals surface area contributed by atoms with Crippen molar-refractivity contribution >= 4 is 28.4 Å². The molecule has 0 N–H and O–H groups in total. The SMILES string of the molecule is O=C1c2ccccc2C2CC2c2ccccc2C1CI. The minimum absolute atomic E-state index is 0.00880. The van der Waals surface area contributed by atoms with E-state index < -0.39 is 0 Å². The summed E-state index contributed by atoms with van der Waals surface area (Å²) in [5.74, 6) is 1.47. The molecule has 2 heteroatoms. The van der Waals surface area contributed by atoms with E-state index in [2.05, 4.69) is 59.0 Å². The lowest BCUT2D eigenvalue weighted by molar-refractivity contribution is 0.0967. The number of benzene rings is 2. The van der Waals surface area contributed by atoms with Crippen LogP contribution in [0.1, 0.15) is 51.2 Å². The maximum absolute atomic E-state index is 12.9. The third kappa shape index (κ3) is 1.77. The topological polar surface area (TPSA) is 17.1 Å². The number of fused-ring (bicyclic) bond motifs is 5. The number of halogens is 1. The zero-order chi connectivity index (χ0) is 13.7. The normalized spacial score (nSPS) is 26.9. The van der Waals surface area contributed by atoms with Crippen LogP contribution in [0.25, 0.3) is 0 Å². The Morgan fingerprint density at radius 3 is 2.25 bits per heavy atom. The lowest BCUT2D eigenvalue weighted by Crippen LogP contribution is -2.19. The quantitative estimate of drug-likeness (QED) is 0.524. The van der Waals surface area contributed by atoms with Gasteiger partial charge in [-0.2, -0.15) is 0 Å². The van der Waals surface area contributed by atoms with Gasteiger partial charge in [0.2, 0.25) is 0 Å². The third-order valence-electron chi connectivity index (χ3n) is 4.66. The highest BCUT2D eigenvalue weighted by atomic mass is 127. The van der Waals surface area contributed by atoms with Gasteiger partial charge in [-0.05, 0) is 34.9 Å². The Morgan fingerprint density at radius 1 is 0.900 bits per heavy atom. The highest BCUT2D eigenvalue weighted by Crippen LogP contribution is 2.58. The largest absolute Gasteiger partial charge is 0.293 e. The Morgan fingerprint density at radius 2 is 1.50 bits per heavy atom. The summed E-state index contributed by atoms with van der Waals surface area (Å²) in [4.78, 5) is 12.9. The van der Waals surface area contributed by atoms with Crippen molar-refractivity contribution in [1.29, 1.82) is 0 Å². The second kappa shape index (κ2) is 4.69. The predicted octanol–water partition coefficient (Wildman–Crippen LogP) is 4.67. The van der Waals surface area contributed by atoms with Crippen LogP contribution in [0.5, 0.6) is 0 Å². The van der Waals surface area contributed by atoms with Crippen LogP contribution in [-0.2, 0) is 0 Å². The third-order valence-corrected chi connectivity index (χ3v) is 5.54. The minimum Gasteiger partial charge on any atom is -0.293 e. The van der Waals surface area contributed by atoms with E-state index in [9.17, 15) is 4.79 Å². The monoisotopic (exact) mass is 374 g/mol. The average Bonchev–Trinajstić information content (AvgIpc) is 3.27. The number of hydrogen-bond acceptors (Lipinski definition) is 1. The summed E-state index contributed by atoms with van der Waals surface area (Å²) < 4.78 is 0.847. The molecule has 20 heavy (non-hydrogen) atoms. The van der Waals surface area contributed by atoms with E-state index in [0.717, 1.165) is 9.99 Å². The molecule has 0 amide bonds. The molecule has 100 valence electrons. The summed E-state index contributed by atoms with van der Waals surface area (Å²) in [7, 11) is 0. The molecule has 0 aliphatic heterocycles. The van der Waals surface area contributed by atoms with Gasteiger partial charge in [0.1, 0.15) is 0 Å². The Bertz CT molecular complexity index is 691. The number of carbonyl (C=O) groups excluding carboxylic acids is 1. The van der Waals surface area contributed by atoms with E-state index >= 15 is 0 Å². The van der Waals surface area contributed by atoms with Crippen LogP contribution in [0.4, 0.5) is 0 Å². The summed E-state index contributed by atoms with van der Waals surface area (Å²) in [6.07, 6.45) is 1.19. The van der Waals surface area contributed by atoms with Crippen molar-refractivity contribution < 1.29 is 4.79 Å². The molecule has 1 fully saturated rings. The van der Waals surface area contributed by atoms with Crippen LogP contribution in [0.2, 0.25) is 0 Å². The minimum atomic E-state index is 0.00880. The van der Waals surface area contributed by atoms with Gasteiger partial charge >= 0.3 is 0 Å². The lowest BCUT2D eigenvalue weighted by atomic mass is 9.82. The molecule has 0 aromatic heterocycles. The highest BCUT2D eigenvalue weighted by Gasteiger charge is 2.45. The molecule has 2 aliphatic carbocycles. The standard InChI is InChI=1S/C18H15IO/c19-10-17-12-6-2-1-5-11(12)15-9-16(15)13-7-3-4-8-14(13)18(17)20/h1-8,15-17H,9-10H2. The van der Waals surface area contributed by atoms with Crippen LogP contribution >= 0.6 is 22.6 Å². The molecule has 2 aromatic rings. The first-order chi connectivity index (χ1) is 9.81. The average molecular weight is 374 g/mol. The molecule has 1 nitrogen and oxygen atoms in total. The fourth-order valence-corrected chi connectivity index (χ4v) is 4.45. The van der Waals surface area contributed by atoms with Gasteiger partial charge in [-0.3, -0.25) is 4.79 Å². The zero-order valence-electron chi connectivity index (χ0n) is 11.1. The number of Topliss-reactive ketones (excluding diaryl/α,β-unsaturated/α-hetero) is 1. The summed E-state index contributed by atoms with van der Waals surface area (Å²) in [6, 6.07) is 16.8. The maximum Gasteiger partial charge on any atom is 0.171 e. The van der Waals surface area contributed by atoms with Gasteiger partial charge in [0.25, 0.3) is 0 Å². The van der Waals surface area contributed by atoms with Gasteiger partial charge in [0, 0.05) is 9.99 Å². The maximum atomic E-state index is 12.9. The molecule has 0 saturated heterocycles. The summed E-state index contributed by atoms with van der Waals surface area (Å²) in [5, 5.41) is 0. The van der Waals surface area contributed by atoms with Crippen LogP contribution in [-0.4, -0.2) is 10.2 Å². The van der Waals surface area contributed by atoms with Crippen LogP contribution in [0.15, 0.2) is 48.5 Å². The summed E-state index contributed by atoms with van der Waals surface area (Å²) in [5.41, 5.74) is 4.89. The fourth-order valence-electron chi connectivity index (χ4n) is 3.58. The van der Waals surface area contributed by atoms with Gasteiger partial charge in [-0.25, -0.2) is 0 Å². The molecule has 3 atom stereocenters. The Kier molecular flexibility index (Phi) is 2.95. The van der Waals surface area contributed by atoms with Crippen molar-refractivity contribution in [3.63, 3.8) is 0 Å². The number of alkyl halides is 1. The molecular formula is C18H15IO. The van der Waals surface area contributed by atoms with Gasteiger partial charge < -0.3 is 0 Å². The summed E-state index contributed by atoms with van der Waals surface area (Å²) >= 11 is 2.35. The first-order valence-electron chi connectivity index (χ1n) is 7.09. The van der Waals surface area contributed by atoms with Crippen LogP contribution in [0, 0.1) is 0 Å². The van der Waals surface area contributed by atoms with E-state index in [1.54, 1.807) is 0 Å². The predicted molar refractivity (Wildman–Crippen MR) is 88.9 cm³/mol. The van der Waals surface area contributed by atoms with Crippen molar-refractivity contribution in [3.05, 3.63) is 70.8 Å². The molecule has 0 heterocycles. The van der Waals surface area contributed by atoms with E-state index in [1.807, 2.05) is 12.1 Å². The highest BCUT2D eigenvalue weighted by molar-refractivity contribution is 14.1. The van der Waals surface area contributed by atoms with Gasteiger partial charge in [0.05, 0.1) is 5.92 Å². The lowest BCUT2D eigenvalue weighted by Gasteiger charge is -2.22. The second-order valence-corrected chi connectivity index (χ2v) is 6.62. The van der Waals surface area contributed by atoms with Gasteiger partial charge in [-0.1, -0.05) is 71.1 Å². The molecule has 2 aliphatic rings. The molecular weight excluding hydrogens is 359 g/mol. The summed E-state index contributed by atoms with van der Waals surface area (Å²) in [6.45, 7) is 0. The Labute approximate surface area is 132 Å². The van der Waals surface area contributed by atoms with Crippen molar-refractivity contribution in [2.75, 3.05) is 4.43 Å². The van der Waals surface area contributed by atoms with E-state index in [1.165, 1.54) is 23.1 Å². The van der Waals surface area contributed by atoms with Gasteiger partial charge in [-0.15, -0.1) is 0 Å². The molecule has 0 radical (unpaired) electrons. The molecule has 2 aromatic carbocycles.